The van der Waals surface area contributed by atoms with Crippen LogP contribution in [0.3, 0.4) is 0 Å². The number of likely N-dealkylation sites (N-methyl/N-ethyl adjacent to an activating group) is 1. The van der Waals surface area contributed by atoms with Crippen molar-refractivity contribution in [3.05, 3.63) is 12.2 Å². The van der Waals surface area contributed by atoms with Gasteiger partial charge in [-0.25, -0.2) is 0 Å². The molecular weight excluding hydrogens is 264 g/mol. The topological polar surface area (TPSA) is 49.4 Å². The average molecular weight is 300 g/mol. The minimum absolute atomic E-state index is 0.0720. The molecule has 21 heavy (non-hydrogen) atoms. The van der Waals surface area contributed by atoms with Crippen molar-refractivity contribution in [3.63, 3.8) is 0 Å². The number of hydrogen-bond acceptors (Lipinski definition) is 2. The maximum atomic E-state index is 11.7. The second kappa shape index (κ2) is 16.7. The summed E-state index contributed by atoms with van der Waals surface area (Å²) in [6.07, 6.45) is 3.96. The Hall–Kier alpha value is -1.32. The van der Waals surface area contributed by atoms with Crippen molar-refractivity contribution in [1.82, 2.24) is 10.2 Å². The van der Waals surface area contributed by atoms with Crippen LogP contribution in [0.15, 0.2) is 12.2 Å². The summed E-state index contributed by atoms with van der Waals surface area (Å²) in [5.74, 6) is 0.245. The number of amides is 2. The first-order chi connectivity index (χ1) is 10.1. The third kappa shape index (κ3) is 9.27. The van der Waals surface area contributed by atoms with Gasteiger partial charge in [0.2, 0.25) is 11.8 Å². The Labute approximate surface area is 132 Å². The van der Waals surface area contributed by atoms with Crippen LogP contribution in [0.25, 0.3) is 0 Å². The van der Waals surface area contributed by atoms with E-state index in [0.29, 0.717) is 12.5 Å². The highest BCUT2D eigenvalue weighted by molar-refractivity contribution is 5.93. The van der Waals surface area contributed by atoms with Crippen molar-refractivity contribution in [2.45, 2.75) is 67.9 Å². The lowest BCUT2D eigenvalue weighted by Gasteiger charge is -2.21. The number of nitrogens with one attached hydrogen (secondary N) is 1. The monoisotopic (exact) mass is 300 g/mol. The zero-order valence-corrected chi connectivity index (χ0v) is 15.5. The zero-order chi connectivity index (χ0) is 17.4. The number of nitrogens with zero attached hydrogens (tertiary/aromatic N) is 1. The quantitative estimate of drug-likeness (QED) is 0.792. The minimum atomic E-state index is -0.298. The number of likely N-dealkylation sites (tertiary alicyclic amines) is 1. The molecule has 126 valence electrons. The normalized spacial score (nSPS) is 19.4. The highest BCUT2D eigenvalue weighted by atomic mass is 16.2. The molecule has 4 heteroatoms. The summed E-state index contributed by atoms with van der Waals surface area (Å²) in [7, 11) is 1.60. The Bertz CT molecular complexity index is 289. The molecule has 0 aromatic heterocycles. The van der Waals surface area contributed by atoms with Gasteiger partial charge in [-0.2, -0.15) is 0 Å². The first-order valence-corrected chi connectivity index (χ1v) is 8.25. The van der Waals surface area contributed by atoms with E-state index in [1.165, 1.54) is 6.08 Å². The van der Waals surface area contributed by atoms with E-state index < -0.39 is 0 Å². The zero-order valence-electron chi connectivity index (χ0n) is 15.5. The molecule has 2 atom stereocenters. The molecule has 0 aromatic rings. The molecule has 0 aliphatic carbocycles. The molecule has 1 saturated heterocycles. The summed E-state index contributed by atoms with van der Waals surface area (Å²) in [4.78, 5) is 24.9. The lowest BCUT2D eigenvalue weighted by molar-refractivity contribution is -0.134. The van der Waals surface area contributed by atoms with Crippen LogP contribution < -0.4 is 5.32 Å². The molecule has 1 heterocycles. The summed E-state index contributed by atoms with van der Waals surface area (Å²) in [5.41, 5.74) is 0. The van der Waals surface area contributed by atoms with Crippen molar-refractivity contribution < 1.29 is 9.59 Å². The fourth-order valence-corrected chi connectivity index (χ4v) is 1.94. The van der Waals surface area contributed by atoms with Crippen LogP contribution in [0.5, 0.6) is 0 Å². The molecule has 1 aliphatic heterocycles. The molecule has 0 radical (unpaired) electrons. The molecule has 1 rings (SSSR count). The Morgan fingerprint density at radius 1 is 1.10 bits per heavy atom. The summed E-state index contributed by atoms with van der Waals surface area (Å²) in [5, 5.41) is 2.60. The molecule has 4 nitrogen and oxygen atoms in total. The van der Waals surface area contributed by atoms with Gasteiger partial charge in [0.25, 0.3) is 0 Å². The Kier molecular flexibility index (Phi) is 19.7. The third-order valence-electron chi connectivity index (χ3n) is 2.65. The maximum Gasteiger partial charge on any atom is 0.246 e. The molecule has 1 aliphatic rings. The molecule has 0 aromatic carbocycles. The van der Waals surface area contributed by atoms with Crippen molar-refractivity contribution >= 4 is 11.8 Å². The standard InChI is InChI=1S/C11H18N2O2.3C2H6/c1-4-5-10(14)13-7-8(2)6-9(13)11(15)12-3;3*1-2/h4-5,8-9H,6-7H2,1-3H3,(H,12,15);3*1-2H3/b5-4+;;;/t8-,9-;;;/m0.../s1. The molecular formula is C17H36N2O2. The van der Waals surface area contributed by atoms with E-state index in [1.54, 1.807) is 24.9 Å². The van der Waals surface area contributed by atoms with Gasteiger partial charge in [-0.05, 0) is 25.3 Å². The highest BCUT2D eigenvalue weighted by Gasteiger charge is 2.36. The molecule has 0 bridgehead atoms. The van der Waals surface area contributed by atoms with Crippen molar-refractivity contribution in [2.24, 2.45) is 5.92 Å². The minimum Gasteiger partial charge on any atom is -0.357 e. The van der Waals surface area contributed by atoms with Gasteiger partial charge in [0.05, 0.1) is 0 Å². The highest BCUT2D eigenvalue weighted by Crippen LogP contribution is 2.23. The average Bonchev–Trinajstić information content (AvgIpc) is 2.95. The van der Waals surface area contributed by atoms with E-state index in [1.807, 2.05) is 41.5 Å². The smallest absolute Gasteiger partial charge is 0.246 e. The molecule has 1 fully saturated rings. The maximum absolute atomic E-state index is 11.7. The number of hydrogen-bond donors (Lipinski definition) is 1. The first kappa shape index (κ1) is 24.7. The lowest BCUT2D eigenvalue weighted by Crippen LogP contribution is -2.44. The second-order valence-corrected chi connectivity index (χ2v) is 3.96. The number of allylic oxidation sites excluding steroid dienone is 1. The SMILES string of the molecule is C/C=C/C(=O)N1C[C@@H](C)C[C@H]1C(=O)NC.CC.CC.CC. The van der Waals surface area contributed by atoms with E-state index in [2.05, 4.69) is 12.2 Å². The summed E-state index contributed by atoms with van der Waals surface area (Å²) < 4.78 is 0. The summed E-state index contributed by atoms with van der Waals surface area (Å²) >= 11 is 0. The Morgan fingerprint density at radius 2 is 1.57 bits per heavy atom. The van der Waals surface area contributed by atoms with Crippen LogP contribution in [-0.2, 0) is 9.59 Å². The predicted molar refractivity (Wildman–Crippen MR) is 92.2 cm³/mol. The van der Waals surface area contributed by atoms with E-state index in [4.69, 9.17) is 0 Å². The van der Waals surface area contributed by atoms with Crippen LogP contribution in [0.4, 0.5) is 0 Å². The molecule has 0 unspecified atom stereocenters. The van der Waals surface area contributed by atoms with Gasteiger partial charge in [-0.15, -0.1) is 0 Å². The van der Waals surface area contributed by atoms with Gasteiger partial charge in [-0.3, -0.25) is 9.59 Å². The van der Waals surface area contributed by atoms with Gasteiger partial charge in [0.15, 0.2) is 0 Å². The van der Waals surface area contributed by atoms with Crippen LogP contribution in [0.2, 0.25) is 0 Å². The lowest BCUT2D eigenvalue weighted by atomic mass is 10.1. The number of rotatable bonds is 2. The van der Waals surface area contributed by atoms with Crippen molar-refractivity contribution in [2.75, 3.05) is 13.6 Å². The van der Waals surface area contributed by atoms with Gasteiger partial charge in [0, 0.05) is 13.6 Å². The Balaban J connectivity index is -0.000000478. The van der Waals surface area contributed by atoms with E-state index in [-0.39, 0.29) is 17.9 Å². The number of carbonyl (C=O) groups is 2. The van der Waals surface area contributed by atoms with E-state index >= 15 is 0 Å². The van der Waals surface area contributed by atoms with Crippen molar-refractivity contribution in [3.8, 4) is 0 Å². The van der Waals surface area contributed by atoms with Gasteiger partial charge in [0.1, 0.15) is 6.04 Å². The summed E-state index contributed by atoms with van der Waals surface area (Å²) in [6.45, 7) is 16.5. The van der Waals surface area contributed by atoms with Gasteiger partial charge < -0.3 is 10.2 Å². The first-order valence-electron chi connectivity index (χ1n) is 8.25. The Morgan fingerprint density at radius 3 is 1.95 bits per heavy atom. The molecule has 0 spiro atoms. The largest absolute Gasteiger partial charge is 0.357 e. The molecule has 1 N–H and O–H groups in total. The van der Waals surface area contributed by atoms with E-state index in [9.17, 15) is 9.59 Å². The van der Waals surface area contributed by atoms with Crippen LogP contribution in [0.1, 0.15) is 61.8 Å². The molecule has 0 saturated carbocycles. The van der Waals surface area contributed by atoms with Crippen LogP contribution in [0, 0.1) is 5.92 Å². The second-order valence-electron chi connectivity index (χ2n) is 3.96. The predicted octanol–water partition coefficient (Wildman–Crippen LogP) is 3.62. The fraction of sp³-hybridized carbons (Fsp3) is 0.765. The van der Waals surface area contributed by atoms with E-state index in [0.717, 1.165) is 6.42 Å². The fourth-order valence-electron chi connectivity index (χ4n) is 1.94. The number of carbonyl (C=O) groups excluding carboxylic acids is 2. The van der Waals surface area contributed by atoms with Gasteiger partial charge in [-0.1, -0.05) is 54.5 Å². The van der Waals surface area contributed by atoms with Crippen LogP contribution >= 0.6 is 0 Å². The van der Waals surface area contributed by atoms with Crippen molar-refractivity contribution in [1.29, 1.82) is 0 Å². The van der Waals surface area contributed by atoms with Gasteiger partial charge >= 0.3 is 0 Å². The third-order valence-corrected chi connectivity index (χ3v) is 2.65. The summed E-state index contributed by atoms with van der Waals surface area (Å²) in [6, 6.07) is -0.298. The molecule has 2 amide bonds. The van der Waals surface area contributed by atoms with Crippen LogP contribution in [-0.4, -0.2) is 36.3 Å².